The lowest BCUT2D eigenvalue weighted by atomic mass is 10.1. The minimum atomic E-state index is -0.897. The Morgan fingerprint density at radius 3 is 2.03 bits per heavy atom. The standard InChI is InChI=1S/C23H28N2O4/c1-3-19(4-2)24-21(26)16-29-23(28)20(15-17-11-7-5-8-12-17)25-22(27)18-13-9-6-10-14-18/h5-14,19-20H,3-4,15-16H2,1-2H3,(H,24,26)(H,25,27)/t20-/m0/s1. The van der Waals surface area contributed by atoms with Crippen LogP contribution in [-0.4, -0.2) is 36.5 Å². The van der Waals surface area contributed by atoms with Gasteiger partial charge in [0.1, 0.15) is 6.04 Å². The molecule has 0 aliphatic rings. The van der Waals surface area contributed by atoms with Crippen LogP contribution < -0.4 is 10.6 Å². The number of benzene rings is 2. The molecular formula is C23H28N2O4. The van der Waals surface area contributed by atoms with Crippen molar-refractivity contribution in [2.24, 2.45) is 0 Å². The van der Waals surface area contributed by atoms with Gasteiger partial charge in [-0.1, -0.05) is 62.4 Å². The Morgan fingerprint density at radius 2 is 1.45 bits per heavy atom. The van der Waals surface area contributed by atoms with Gasteiger partial charge in [-0.05, 0) is 30.5 Å². The zero-order valence-corrected chi connectivity index (χ0v) is 16.9. The summed E-state index contributed by atoms with van der Waals surface area (Å²) in [4.78, 5) is 37.2. The number of hydrogen-bond donors (Lipinski definition) is 2. The molecule has 6 heteroatoms. The van der Waals surface area contributed by atoms with Crippen molar-refractivity contribution >= 4 is 17.8 Å². The third kappa shape index (κ3) is 7.41. The van der Waals surface area contributed by atoms with E-state index in [0.717, 1.165) is 18.4 Å². The van der Waals surface area contributed by atoms with E-state index >= 15 is 0 Å². The molecule has 0 bridgehead atoms. The molecule has 0 spiro atoms. The topological polar surface area (TPSA) is 84.5 Å². The molecule has 2 rings (SSSR count). The number of carbonyl (C=O) groups is 3. The fourth-order valence-electron chi connectivity index (χ4n) is 2.87. The normalized spacial score (nSPS) is 11.6. The molecule has 2 aromatic rings. The van der Waals surface area contributed by atoms with Gasteiger partial charge < -0.3 is 15.4 Å². The summed E-state index contributed by atoms with van der Waals surface area (Å²) in [7, 11) is 0. The Bertz CT molecular complexity index is 789. The van der Waals surface area contributed by atoms with E-state index in [1.54, 1.807) is 24.3 Å². The van der Waals surface area contributed by atoms with E-state index < -0.39 is 12.0 Å². The van der Waals surface area contributed by atoms with E-state index in [1.807, 2.05) is 50.2 Å². The second-order valence-electron chi connectivity index (χ2n) is 6.77. The van der Waals surface area contributed by atoms with Gasteiger partial charge in [0.05, 0.1) is 0 Å². The summed E-state index contributed by atoms with van der Waals surface area (Å²) in [6, 6.07) is 17.1. The quantitative estimate of drug-likeness (QED) is 0.605. The van der Waals surface area contributed by atoms with E-state index in [-0.39, 0.29) is 30.9 Å². The molecule has 2 amide bonds. The van der Waals surface area contributed by atoms with Gasteiger partial charge in [0.25, 0.3) is 11.8 Å². The number of esters is 1. The number of amides is 2. The summed E-state index contributed by atoms with van der Waals surface area (Å²) in [6.45, 7) is 3.59. The fraction of sp³-hybridized carbons (Fsp3) is 0.348. The van der Waals surface area contributed by atoms with Crippen molar-refractivity contribution < 1.29 is 19.1 Å². The van der Waals surface area contributed by atoms with Crippen molar-refractivity contribution in [3.8, 4) is 0 Å². The minimum absolute atomic E-state index is 0.0547. The number of rotatable bonds is 10. The van der Waals surface area contributed by atoms with Crippen LogP contribution in [0, 0.1) is 0 Å². The summed E-state index contributed by atoms with van der Waals surface area (Å²) in [6.07, 6.45) is 1.88. The van der Waals surface area contributed by atoms with Gasteiger partial charge in [0.2, 0.25) is 0 Å². The van der Waals surface area contributed by atoms with Crippen LogP contribution in [0.4, 0.5) is 0 Å². The largest absolute Gasteiger partial charge is 0.454 e. The smallest absolute Gasteiger partial charge is 0.329 e. The SMILES string of the molecule is CCC(CC)NC(=O)COC(=O)[C@H](Cc1ccccc1)NC(=O)c1ccccc1. The predicted octanol–water partition coefficient (Wildman–Crippen LogP) is 2.88. The summed E-state index contributed by atoms with van der Waals surface area (Å²) in [5.74, 6) is -1.36. The van der Waals surface area contributed by atoms with Gasteiger partial charge in [0, 0.05) is 18.0 Å². The minimum Gasteiger partial charge on any atom is -0.454 e. The second kappa shape index (κ2) is 11.6. The van der Waals surface area contributed by atoms with Crippen molar-refractivity contribution in [3.05, 3.63) is 71.8 Å². The lowest BCUT2D eigenvalue weighted by molar-refractivity contribution is -0.150. The van der Waals surface area contributed by atoms with Crippen LogP contribution in [0.25, 0.3) is 0 Å². The molecule has 0 saturated carbocycles. The summed E-state index contributed by atoms with van der Waals surface area (Å²) >= 11 is 0. The summed E-state index contributed by atoms with van der Waals surface area (Å²) in [5.41, 5.74) is 1.33. The van der Waals surface area contributed by atoms with Gasteiger partial charge in [-0.3, -0.25) is 9.59 Å². The highest BCUT2D eigenvalue weighted by Gasteiger charge is 2.24. The Morgan fingerprint density at radius 1 is 0.862 bits per heavy atom. The van der Waals surface area contributed by atoms with Gasteiger partial charge in [-0.15, -0.1) is 0 Å². The highest BCUT2D eigenvalue weighted by atomic mass is 16.5. The maximum absolute atomic E-state index is 12.6. The number of nitrogens with one attached hydrogen (secondary N) is 2. The first-order valence-electron chi connectivity index (χ1n) is 9.89. The predicted molar refractivity (Wildman–Crippen MR) is 111 cm³/mol. The molecule has 154 valence electrons. The maximum atomic E-state index is 12.6. The van der Waals surface area contributed by atoms with E-state index in [2.05, 4.69) is 10.6 Å². The molecule has 0 heterocycles. The van der Waals surface area contributed by atoms with Crippen molar-refractivity contribution in [1.82, 2.24) is 10.6 Å². The number of carbonyl (C=O) groups excluding carboxylic acids is 3. The molecule has 2 aromatic carbocycles. The highest BCUT2D eigenvalue weighted by Crippen LogP contribution is 2.07. The average Bonchev–Trinajstić information content (AvgIpc) is 2.76. The molecular weight excluding hydrogens is 368 g/mol. The van der Waals surface area contributed by atoms with Crippen LogP contribution in [0.1, 0.15) is 42.6 Å². The maximum Gasteiger partial charge on any atom is 0.329 e. The first-order chi connectivity index (χ1) is 14.0. The number of ether oxygens (including phenoxy) is 1. The Hall–Kier alpha value is -3.15. The third-order valence-electron chi connectivity index (χ3n) is 4.60. The van der Waals surface area contributed by atoms with Gasteiger partial charge >= 0.3 is 5.97 Å². The molecule has 0 aliphatic carbocycles. The molecule has 0 fully saturated rings. The highest BCUT2D eigenvalue weighted by molar-refractivity contribution is 5.97. The van der Waals surface area contributed by atoms with Crippen molar-refractivity contribution in [2.45, 2.75) is 45.2 Å². The Labute approximate surface area is 171 Å². The molecule has 0 aliphatic heterocycles. The van der Waals surface area contributed by atoms with Gasteiger partial charge in [0.15, 0.2) is 6.61 Å². The van der Waals surface area contributed by atoms with Crippen molar-refractivity contribution in [2.75, 3.05) is 6.61 Å². The van der Waals surface area contributed by atoms with E-state index in [1.165, 1.54) is 0 Å². The zero-order chi connectivity index (χ0) is 21.1. The van der Waals surface area contributed by atoms with Crippen LogP contribution in [0.3, 0.4) is 0 Å². The molecule has 6 nitrogen and oxygen atoms in total. The van der Waals surface area contributed by atoms with Crippen LogP contribution in [0.15, 0.2) is 60.7 Å². The molecule has 1 atom stereocenters. The van der Waals surface area contributed by atoms with Crippen LogP contribution in [0.5, 0.6) is 0 Å². The first-order valence-corrected chi connectivity index (χ1v) is 9.89. The monoisotopic (exact) mass is 396 g/mol. The number of hydrogen-bond acceptors (Lipinski definition) is 4. The molecule has 0 radical (unpaired) electrons. The molecule has 0 aromatic heterocycles. The summed E-state index contributed by atoms with van der Waals surface area (Å²) < 4.78 is 5.20. The third-order valence-corrected chi connectivity index (χ3v) is 4.60. The van der Waals surface area contributed by atoms with E-state index in [0.29, 0.717) is 5.56 Å². The van der Waals surface area contributed by atoms with Crippen molar-refractivity contribution in [3.63, 3.8) is 0 Å². The molecule has 2 N–H and O–H groups in total. The Balaban J connectivity index is 2.02. The lowest BCUT2D eigenvalue weighted by Crippen LogP contribution is -2.45. The molecule has 0 saturated heterocycles. The molecule has 29 heavy (non-hydrogen) atoms. The zero-order valence-electron chi connectivity index (χ0n) is 16.9. The van der Waals surface area contributed by atoms with Gasteiger partial charge in [-0.25, -0.2) is 4.79 Å². The van der Waals surface area contributed by atoms with Crippen LogP contribution in [-0.2, 0) is 20.7 Å². The first kappa shape index (κ1) is 22.1. The second-order valence-corrected chi connectivity index (χ2v) is 6.77. The van der Waals surface area contributed by atoms with Crippen LogP contribution >= 0.6 is 0 Å². The fourth-order valence-corrected chi connectivity index (χ4v) is 2.87. The van der Waals surface area contributed by atoms with Gasteiger partial charge in [-0.2, -0.15) is 0 Å². The Kier molecular flexibility index (Phi) is 8.89. The average molecular weight is 396 g/mol. The lowest BCUT2D eigenvalue weighted by Gasteiger charge is -2.19. The molecule has 0 unspecified atom stereocenters. The van der Waals surface area contributed by atoms with E-state index in [9.17, 15) is 14.4 Å². The van der Waals surface area contributed by atoms with Crippen molar-refractivity contribution in [1.29, 1.82) is 0 Å². The van der Waals surface area contributed by atoms with E-state index in [4.69, 9.17) is 4.74 Å². The van der Waals surface area contributed by atoms with Crippen LogP contribution in [0.2, 0.25) is 0 Å². The summed E-state index contributed by atoms with van der Waals surface area (Å²) in [5, 5.41) is 5.55.